The highest BCUT2D eigenvalue weighted by Crippen LogP contribution is 2.25. The van der Waals surface area contributed by atoms with Gasteiger partial charge < -0.3 is 10.0 Å². The number of aliphatic hydroxyl groups excluding tert-OH is 1. The first-order valence-electron chi connectivity index (χ1n) is 6.81. The number of nitrogens with zero attached hydrogens (tertiary/aromatic N) is 1. The van der Waals surface area contributed by atoms with Gasteiger partial charge in [-0.25, -0.2) is 0 Å². The van der Waals surface area contributed by atoms with Crippen LogP contribution in [0.3, 0.4) is 0 Å². The van der Waals surface area contributed by atoms with E-state index >= 15 is 0 Å². The number of likely N-dealkylation sites (tertiary alicyclic amines) is 1. The van der Waals surface area contributed by atoms with Crippen molar-refractivity contribution in [1.29, 1.82) is 0 Å². The van der Waals surface area contributed by atoms with E-state index in [2.05, 4.69) is 15.9 Å². The van der Waals surface area contributed by atoms with Crippen LogP contribution in [-0.2, 0) is 0 Å². The number of amides is 1. The number of benzene rings is 1. The quantitative estimate of drug-likeness (QED) is 0.923. The minimum atomic E-state index is 0.130. The van der Waals surface area contributed by atoms with E-state index in [1.54, 1.807) is 0 Å². The maximum atomic E-state index is 12.6. The summed E-state index contributed by atoms with van der Waals surface area (Å²) in [4.78, 5) is 14.6. The molecule has 0 aliphatic carbocycles. The summed E-state index contributed by atoms with van der Waals surface area (Å²) in [7, 11) is 0. The van der Waals surface area contributed by atoms with Crippen LogP contribution < -0.4 is 0 Å². The van der Waals surface area contributed by atoms with Crippen molar-refractivity contribution in [2.24, 2.45) is 0 Å². The van der Waals surface area contributed by atoms with E-state index in [0.29, 0.717) is 6.04 Å². The van der Waals surface area contributed by atoms with Gasteiger partial charge in [-0.15, -0.1) is 0 Å². The lowest BCUT2D eigenvalue weighted by molar-refractivity contribution is 0.0723. The van der Waals surface area contributed by atoms with Gasteiger partial charge in [-0.05, 0) is 56.4 Å². The Kier molecular flexibility index (Phi) is 4.99. The third-order valence-electron chi connectivity index (χ3n) is 3.75. The zero-order valence-corrected chi connectivity index (χ0v) is 12.8. The van der Waals surface area contributed by atoms with Crippen molar-refractivity contribution in [3.8, 4) is 0 Å². The summed E-state index contributed by atoms with van der Waals surface area (Å²) in [5.41, 5.74) is 1.80. The fourth-order valence-corrected chi connectivity index (χ4v) is 3.23. The molecule has 1 amide bonds. The van der Waals surface area contributed by atoms with E-state index in [0.717, 1.165) is 47.8 Å². The molecule has 0 bridgehead atoms. The van der Waals surface area contributed by atoms with Crippen LogP contribution in [0.4, 0.5) is 0 Å². The Labute approximate surface area is 122 Å². The molecule has 0 radical (unpaired) electrons. The molecule has 1 N–H and O–H groups in total. The number of rotatable bonds is 4. The van der Waals surface area contributed by atoms with Gasteiger partial charge in [0.15, 0.2) is 0 Å². The molecular weight excluding hydrogens is 306 g/mol. The molecule has 1 saturated heterocycles. The van der Waals surface area contributed by atoms with E-state index in [1.165, 1.54) is 0 Å². The van der Waals surface area contributed by atoms with Gasteiger partial charge in [0.1, 0.15) is 0 Å². The first-order valence-corrected chi connectivity index (χ1v) is 7.60. The molecule has 1 aliphatic heterocycles. The van der Waals surface area contributed by atoms with Crippen molar-refractivity contribution in [1.82, 2.24) is 4.90 Å². The Morgan fingerprint density at radius 2 is 2.32 bits per heavy atom. The normalized spacial score (nSPS) is 18.9. The molecule has 0 aromatic heterocycles. The van der Waals surface area contributed by atoms with Crippen LogP contribution in [0.1, 0.15) is 41.6 Å². The Balaban J connectivity index is 2.13. The number of hydrogen-bond acceptors (Lipinski definition) is 2. The van der Waals surface area contributed by atoms with Gasteiger partial charge >= 0.3 is 0 Å². The summed E-state index contributed by atoms with van der Waals surface area (Å²) in [5.74, 6) is 0.130. The molecule has 2 rings (SSSR count). The zero-order valence-electron chi connectivity index (χ0n) is 11.2. The maximum Gasteiger partial charge on any atom is 0.254 e. The monoisotopic (exact) mass is 325 g/mol. The van der Waals surface area contributed by atoms with Crippen LogP contribution in [0, 0.1) is 6.92 Å². The fourth-order valence-electron chi connectivity index (χ4n) is 2.75. The highest BCUT2D eigenvalue weighted by molar-refractivity contribution is 9.10. The molecule has 0 spiro atoms. The van der Waals surface area contributed by atoms with Gasteiger partial charge in [-0.3, -0.25) is 4.79 Å². The van der Waals surface area contributed by atoms with E-state index in [-0.39, 0.29) is 12.5 Å². The van der Waals surface area contributed by atoms with E-state index in [9.17, 15) is 4.79 Å². The Bertz CT molecular complexity index is 461. The Hall–Kier alpha value is -0.870. The number of hydrogen-bond donors (Lipinski definition) is 1. The summed E-state index contributed by atoms with van der Waals surface area (Å²) in [6.07, 6.45) is 3.80. The zero-order chi connectivity index (χ0) is 13.8. The first-order chi connectivity index (χ1) is 9.13. The molecule has 1 atom stereocenters. The van der Waals surface area contributed by atoms with Crippen molar-refractivity contribution >= 4 is 21.8 Å². The largest absolute Gasteiger partial charge is 0.396 e. The van der Waals surface area contributed by atoms with Gasteiger partial charge in [0.25, 0.3) is 5.91 Å². The van der Waals surface area contributed by atoms with Crippen molar-refractivity contribution in [3.05, 3.63) is 33.8 Å². The minimum Gasteiger partial charge on any atom is -0.396 e. The van der Waals surface area contributed by atoms with Crippen LogP contribution in [0.2, 0.25) is 0 Å². The highest BCUT2D eigenvalue weighted by atomic mass is 79.9. The van der Waals surface area contributed by atoms with Gasteiger partial charge in [-0.1, -0.05) is 15.9 Å². The topological polar surface area (TPSA) is 40.5 Å². The highest BCUT2D eigenvalue weighted by Gasteiger charge is 2.29. The number of aliphatic hydroxyl groups is 1. The average Bonchev–Trinajstić information content (AvgIpc) is 2.83. The summed E-state index contributed by atoms with van der Waals surface area (Å²) in [5, 5.41) is 8.93. The standard InChI is InChI=1S/C15H20BrNO2/c1-11-10-12(16)6-7-14(11)15(19)17-8-2-4-13(17)5-3-9-18/h6-7,10,13,18H,2-5,8-9H2,1H3. The molecule has 4 heteroatoms. The lowest BCUT2D eigenvalue weighted by Gasteiger charge is -2.25. The summed E-state index contributed by atoms with van der Waals surface area (Å²) < 4.78 is 1.000. The molecular formula is C15H20BrNO2. The van der Waals surface area contributed by atoms with E-state index in [1.807, 2.05) is 30.0 Å². The Morgan fingerprint density at radius 3 is 3.00 bits per heavy atom. The van der Waals surface area contributed by atoms with Crippen LogP contribution in [0.25, 0.3) is 0 Å². The second-order valence-electron chi connectivity index (χ2n) is 5.12. The third-order valence-corrected chi connectivity index (χ3v) is 4.25. The Morgan fingerprint density at radius 1 is 1.53 bits per heavy atom. The predicted molar refractivity (Wildman–Crippen MR) is 79.3 cm³/mol. The summed E-state index contributed by atoms with van der Waals surface area (Å²) >= 11 is 3.42. The molecule has 1 unspecified atom stereocenters. The third kappa shape index (κ3) is 3.37. The minimum absolute atomic E-state index is 0.130. The van der Waals surface area contributed by atoms with Crippen LogP contribution in [0.15, 0.2) is 22.7 Å². The first kappa shape index (κ1) is 14.5. The second kappa shape index (κ2) is 6.53. The van der Waals surface area contributed by atoms with Gasteiger partial charge in [0, 0.05) is 29.2 Å². The maximum absolute atomic E-state index is 12.6. The van der Waals surface area contributed by atoms with Crippen molar-refractivity contribution < 1.29 is 9.90 Å². The van der Waals surface area contributed by atoms with Crippen LogP contribution in [0.5, 0.6) is 0 Å². The molecule has 1 heterocycles. The summed E-state index contributed by atoms with van der Waals surface area (Å²) in [6.45, 7) is 3.01. The van der Waals surface area contributed by atoms with Crippen molar-refractivity contribution in [2.75, 3.05) is 13.2 Å². The molecule has 1 aromatic carbocycles. The van der Waals surface area contributed by atoms with Gasteiger partial charge in [0.2, 0.25) is 0 Å². The lowest BCUT2D eigenvalue weighted by atomic mass is 10.1. The van der Waals surface area contributed by atoms with Crippen LogP contribution >= 0.6 is 15.9 Å². The van der Waals surface area contributed by atoms with E-state index < -0.39 is 0 Å². The SMILES string of the molecule is Cc1cc(Br)ccc1C(=O)N1CCCC1CCCO. The van der Waals surface area contributed by atoms with Crippen LogP contribution in [-0.4, -0.2) is 35.1 Å². The number of halogens is 1. The molecule has 0 saturated carbocycles. The molecule has 104 valence electrons. The lowest BCUT2D eigenvalue weighted by Crippen LogP contribution is -2.36. The molecule has 1 fully saturated rings. The fraction of sp³-hybridized carbons (Fsp3) is 0.533. The molecule has 3 nitrogen and oxygen atoms in total. The average molecular weight is 326 g/mol. The van der Waals surface area contributed by atoms with Crippen molar-refractivity contribution in [2.45, 2.75) is 38.6 Å². The van der Waals surface area contributed by atoms with Crippen molar-refractivity contribution in [3.63, 3.8) is 0 Å². The number of carbonyl (C=O) groups is 1. The predicted octanol–water partition coefficient (Wildman–Crippen LogP) is 3.13. The van der Waals surface area contributed by atoms with Gasteiger partial charge in [-0.2, -0.15) is 0 Å². The molecule has 19 heavy (non-hydrogen) atoms. The summed E-state index contributed by atoms with van der Waals surface area (Å²) in [6, 6.07) is 6.08. The number of aryl methyl sites for hydroxylation is 1. The number of carbonyl (C=O) groups excluding carboxylic acids is 1. The van der Waals surface area contributed by atoms with E-state index in [4.69, 9.17) is 5.11 Å². The smallest absolute Gasteiger partial charge is 0.254 e. The second-order valence-corrected chi connectivity index (χ2v) is 6.04. The molecule has 1 aliphatic rings. The van der Waals surface area contributed by atoms with Gasteiger partial charge in [0.05, 0.1) is 0 Å². The molecule has 1 aromatic rings.